The summed E-state index contributed by atoms with van der Waals surface area (Å²) in [7, 11) is 0. The van der Waals surface area contributed by atoms with Crippen LogP contribution in [0.1, 0.15) is 32.4 Å². The van der Waals surface area contributed by atoms with Crippen LogP contribution >= 0.6 is 0 Å². The first-order valence-electron chi connectivity index (χ1n) is 5.63. The SMILES string of the molecule is CC(C)N1CCCC1Cc1cc(N)no1. The Morgan fingerprint density at radius 2 is 2.47 bits per heavy atom. The highest BCUT2D eigenvalue weighted by molar-refractivity contribution is 5.26. The highest BCUT2D eigenvalue weighted by Gasteiger charge is 2.27. The predicted octanol–water partition coefficient (Wildman–Crippen LogP) is 1.67. The van der Waals surface area contributed by atoms with Gasteiger partial charge in [-0.1, -0.05) is 5.16 Å². The molecule has 0 aromatic carbocycles. The largest absolute Gasteiger partial charge is 0.381 e. The minimum atomic E-state index is 0.485. The van der Waals surface area contributed by atoms with Gasteiger partial charge >= 0.3 is 0 Å². The van der Waals surface area contributed by atoms with Crippen LogP contribution in [0.4, 0.5) is 5.82 Å². The number of nitrogens with zero attached hydrogens (tertiary/aromatic N) is 2. The molecule has 1 aromatic rings. The summed E-state index contributed by atoms with van der Waals surface area (Å²) < 4.78 is 5.15. The van der Waals surface area contributed by atoms with Crippen LogP contribution in [0, 0.1) is 0 Å². The molecule has 1 unspecified atom stereocenters. The van der Waals surface area contributed by atoms with Crippen LogP contribution in [-0.2, 0) is 6.42 Å². The third-order valence-electron chi connectivity index (χ3n) is 3.10. The van der Waals surface area contributed by atoms with Gasteiger partial charge in [0.05, 0.1) is 0 Å². The Kier molecular flexibility index (Phi) is 2.95. The van der Waals surface area contributed by atoms with Crippen molar-refractivity contribution in [3.8, 4) is 0 Å². The molecule has 0 bridgehead atoms. The first-order valence-corrected chi connectivity index (χ1v) is 5.63. The molecule has 15 heavy (non-hydrogen) atoms. The molecule has 1 saturated heterocycles. The Hall–Kier alpha value is -1.03. The smallest absolute Gasteiger partial charge is 0.167 e. The molecule has 1 aromatic heterocycles. The lowest BCUT2D eigenvalue weighted by Crippen LogP contribution is -2.36. The molecule has 1 fully saturated rings. The molecule has 2 rings (SSSR count). The summed E-state index contributed by atoms with van der Waals surface area (Å²) in [6, 6.07) is 3.03. The molecule has 0 radical (unpaired) electrons. The van der Waals surface area contributed by atoms with E-state index in [2.05, 4.69) is 23.9 Å². The second-order valence-electron chi connectivity index (χ2n) is 4.55. The quantitative estimate of drug-likeness (QED) is 0.822. The molecule has 2 N–H and O–H groups in total. The number of aromatic nitrogens is 1. The van der Waals surface area contributed by atoms with Crippen molar-refractivity contribution < 1.29 is 4.52 Å². The summed E-state index contributed by atoms with van der Waals surface area (Å²) in [5.74, 6) is 1.39. The van der Waals surface area contributed by atoms with Gasteiger partial charge in [0.2, 0.25) is 0 Å². The molecule has 4 heteroatoms. The van der Waals surface area contributed by atoms with Crippen LogP contribution in [0.25, 0.3) is 0 Å². The summed E-state index contributed by atoms with van der Waals surface area (Å²) in [6.07, 6.45) is 3.47. The highest BCUT2D eigenvalue weighted by atomic mass is 16.5. The molecule has 1 aliphatic rings. The van der Waals surface area contributed by atoms with Gasteiger partial charge in [-0.25, -0.2) is 0 Å². The molecule has 0 aliphatic carbocycles. The third-order valence-corrected chi connectivity index (χ3v) is 3.10. The van der Waals surface area contributed by atoms with Gasteiger partial charge in [0, 0.05) is 24.6 Å². The van der Waals surface area contributed by atoms with Crippen LogP contribution in [0.15, 0.2) is 10.6 Å². The fraction of sp³-hybridized carbons (Fsp3) is 0.727. The normalized spacial score (nSPS) is 22.7. The maximum absolute atomic E-state index is 5.53. The maximum atomic E-state index is 5.53. The summed E-state index contributed by atoms with van der Waals surface area (Å²) >= 11 is 0. The Bertz CT molecular complexity index is 321. The lowest BCUT2D eigenvalue weighted by atomic mass is 10.1. The lowest BCUT2D eigenvalue weighted by molar-refractivity contribution is 0.194. The van der Waals surface area contributed by atoms with Gasteiger partial charge in [0.15, 0.2) is 5.82 Å². The molecule has 0 amide bonds. The second-order valence-corrected chi connectivity index (χ2v) is 4.55. The van der Waals surface area contributed by atoms with E-state index in [1.165, 1.54) is 19.4 Å². The Morgan fingerprint density at radius 3 is 3.07 bits per heavy atom. The fourth-order valence-electron chi connectivity index (χ4n) is 2.41. The Labute approximate surface area is 90.4 Å². The highest BCUT2D eigenvalue weighted by Crippen LogP contribution is 2.23. The topological polar surface area (TPSA) is 55.3 Å². The molecular formula is C11H19N3O. The average molecular weight is 209 g/mol. The zero-order chi connectivity index (χ0) is 10.8. The van der Waals surface area contributed by atoms with E-state index >= 15 is 0 Å². The molecular weight excluding hydrogens is 190 g/mol. The van der Waals surface area contributed by atoms with Gasteiger partial charge < -0.3 is 10.3 Å². The number of nitrogen functional groups attached to an aromatic ring is 1. The van der Waals surface area contributed by atoms with Gasteiger partial charge in [-0.05, 0) is 33.2 Å². The zero-order valence-corrected chi connectivity index (χ0v) is 9.44. The Balaban J connectivity index is 1.99. The van der Waals surface area contributed by atoms with Crippen molar-refractivity contribution in [2.24, 2.45) is 0 Å². The molecule has 0 saturated carbocycles. The van der Waals surface area contributed by atoms with Gasteiger partial charge in [0.1, 0.15) is 5.76 Å². The van der Waals surface area contributed by atoms with Crippen LogP contribution in [0.5, 0.6) is 0 Å². The van der Waals surface area contributed by atoms with E-state index in [4.69, 9.17) is 10.3 Å². The van der Waals surface area contributed by atoms with Crippen molar-refractivity contribution in [1.82, 2.24) is 10.1 Å². The van der Waals surface area contributed by atoms with Crippen molar-refractivity contribution in [2.75, 3.05) is 12.3 Å². The van der Waals surface area contributed by atoms with Crippen molar-refractivity contribution >= 4 is 5.82 Å². The number of nitrogens with two attached hydrogens (primary N) is 1. The molecule has 4 nitrogen and oxygen atoms in total. The zero-order valence-electron chi connectivity index (χ0n) is 9.44. The first-order chi connectivity index (χ1) is 7.16. The van der Waals surface area contributed by atoms with E-state index in [9.17, 15) is 0 Å². The van der Waals surface area contributed by atoms with E-state index in [-0.39, 0.29) is 0 Å². The molecule has 0 spiro atoms. The number of rotatable bonds is 3. The van der Waals surface area contributed by atoms with Crippen LogP contribution in [0.2, 0.25) is 0 Å². The van der Waals surface area contributed by atoms with E-state index in [1.807, 2.05) is 6.07 Å². The Morgan fingerprint density at radius 1 is 1.67 bits per heavy atom. The third kappa shape index (κ3) is 2.31. The number of hydrogen-bond acceptors (Lipinski definition) is 4. The molecule has 1 atom stereocenters. The van der Waals surface area contributed by atoms with E-state index in [0.717, 1.165) is 12.2 Å². The number of anilines is 1. The van der Waals surface area contributed by atoms with Gasteiger partial charge in [-0.3, -0.25) is 4.90 Å². The van der Waals surface area contributed by atoms with E-state index < -0.39 is 0 Å². The molecule has 2 heterocycles. The number of hydrogen-bond donors (Lipinski definition) is 1. The average Bonchev–Trinajstić information content (AvgIpc) is 2.75. The van der Waals surface area contributed by atoms with Crippen molar-refractivity contribution in [2.45, 2.75) is 45.2 Å². The minimum absolute atomic E-state index is 0.485. The van der Waals surface area contributed by atoms with Crippen LogP contribution in [0.3, 0.4) is 0 Å². The van der Waals surface area contributed by atoms with Gasteiger partial charge in [-0.2, -0.15) is 0 Å². The summed E-state index contributed by atoms with van der Waals surface area (Å²) in [5.41, 5.74) is 5.53. The van der Waals surface area contributed by atoms with Crippen LogP contribution in [-0.4, -0.2) is 28.7 Å². The van der Waals surface area contributed by atoms with E-state index in [1.54, 1.807) is 0 Å². The standard InChI is InChI=1S/C11H19N3O/c1-8(2)14-5-3-4-9(14)6-10-7-11(12)13-15-10/h7-9H,3-6H2,1-2H3,(H2,12,13). The summed E-state index contributed by atoms with van der Waals surface area (Å²) in [5, 5.41) is 3.71. The second kappa shape index (κ2) is 4.23. The number of likely N-dealkylation sites (tertiary alicyclic amines) is 1. The summed E-state index contributed by atoms with van der Waals surface area (Å²) in [4.78, 5) is 2.53. The maximum Gasteiger partial charge on any atom is 0.167 e. The minimum Gasteiger partial charge on any atom is -0.381 e. The fourth-order valence-corrected chi connectivity index (χ4v) is 2.41. The molecule has 1 aliphatic heterocycles. The van der Waals surface area contributed by atoms with Gasteiger partial charge in [0.25, 0.3) is 0 Å². The predicted molar refractivity (Wildman–Crippen MR) is 59.5 cm³/mol. The van der Waals surface area contributed by atoms with Crippen molar-refractivity contribution in [3.05, 3.63) is 11.8 Å². The summed E-state index contributed by atoms with van der Waals surface area (Å²) in [6.45, 7) is 5.69. The van der Waals surface area contributed by atoms with Crippen molar-refractivity contribution in [1.29, 1.82) is 0 Å². The van der Waals surface area contributed by atoms with Gasteiger partial charge in [-0.15, -0.1) is 0 Å². The van der Waals surface area contributed by atoms with Crippen LogP contribution < -0.4 is 5.73 Å². The van der Waals surface area contributed by atoms with Crippen molar-refractivity contribution in [3.63, 3.8) is 0 Å². The molecule has 84 valence electrons. The van der Waals surface area contributed by atoms with E-state index in [0.29, 0.717) is 17.9 Å². The lowest BCUT2D eigenvalue weighted by Gasteiger charge is -2.27. The first kappa shape index (κ1) is 10.5. The monoisotopic (exact) mass is 209 g/mol.